The Balaban J connectivity index is 1.63. The summed E-state index contributed by atoms with van der Waals surface area (Å²) in [5.41, 5.74) is 0.461. The standard InChI is InChI=1S/C16H15NO3/c18-15(17-14-7-8-14)10-20-16(19)13-6-5-11-3-1-2-4-12(11)9-13/h1-6,9,14H,7-8,10H2,(H,17,18). The lowest BCUT2D eigenvalue weighted by Gasteiger charge is -2.06. The SMILES string of the molecule is O=C(COC(=O)c1ccc2ccccc2c1)NC1CC1. The minimum absolute atomic E-state index is 0.220. The van der Waals surface area contributed by atoms with Crippen molar-refractivity contribution in [3.63, 3.8) is 0 Å². The van der Waals surface area contributed by atoms with E-state index in [1.165, 1.54) is 0 Å². The summed E-state index contributed by atoms with van der Waals surface area (Å²) in [7, 11) is 0. The van der Waals surface area contributed by atoms with Crippen molar-refractivity contribution in [1.29, 1.82) is 0 Å². The Morgan fingerprint density at radius 3 is 2.60 bits per heavy atom. The van der Waals surface area contributed by atoms with Crippen LogP contribution in [0.25, 0.3) is 10.8 Å². The van der Waals surface area contributed by atoms with Gasteiger partial charge >= 0.3 is 5.97 Å². The topological polar surface area (TPSA) is 55.4 Å². The molecule has 1 amide bonds. The fourth-order valence-corrected chi connectivity index (χ4v) is 2.03. The molecule has 2 aromatic carbocycles. The fourth-order valence-electron chi connectivity index (χ4n) is 2.03. The van der Waals surface area contributed by atoms with Gasteiger partial charge in [-0.1, -0.05) is 30.3 Å². The molecule has 0 heterocycles. The molecule has 0 spiro atoms. The summed E-state index contributed by atoms with van der Waals surface area (Å²) >= 11 is 0. The third-order valence-electron chi connectivity index (χ3n) is 3.26. The molecule has 4 nitrogen and oxygen atoms in total. The van der Waals surface area contributed by atoms with E-state index in [9.17, 15) is 9.59 Å². The summed E-state index contributed by atoms with van der Waals surface area (Å²) in [4.78, 5) is 23.3. The van der Waals surface area contributed by atoms with Crippen LogP contribution in [0.2, 0.25) is 0 Å². The first-order valence-corrected chi connectivity index (χ1v) is 6.68. The molecule has 1 saturated carbocycles. The van der Waals surface area contributed by atoms with Gasteiger partial charge in [0.1, 0.15) is 0 Å². The van der Waals surface area contributed by atoms with Crippen LogP contribution in [0.1, 0.15) is 23.2 Å². The maximum atomic E-state index is 11.9. The predicted molar refractivity (Wildman–Crippen MR) is 75.4 cm³/mol. The highest BCUT2D eigenvalue weighted by Crippen LogP contribution is 2.18. The quantitative estimate of drug-likeness (QED) is 0.866. The fraction of sp³-hybridized carbons (Fsp3) is 0.250. The van der Waals surface area contributed by atoms with E-state index in [1.807, 2.05) is 30.3 Å². The van der Waals surface area contributed by atoms with Crippen LogP contribution in [0.4, 0.5) is 0 Å². The van der Waals surface area contributed by atoms with Gasteiger partial charge < -0.3 is 10.1 Å². The van der Waals surface area contributed by atoms with Gasteiger partial charge in [-0.2, -0.15) is 0 Å². The largest absolute Gasteiger partial charge is 0.452 e. The van der Waals surface area contributed by atoms with Gasteiger partial charge in [-0.15, -0.1) is 0 Å². The number of ether oxygens (including phenoxy) is 1. The monoisotopic (exact) mass is 269 g/mol. The van der Waals surface area contributed by atoms with Gasteiger partial charge in [0.2, 0.25) is 0 Å². The molecule has 0 atom stereocenters. The summed E-state index contributed by atoms with van der Waals surface area (Å²) in [5, 5.41) is 4.82. The number of rotatable bonds is 4. The van der Waals surface area contributed by atoms with E-state index >= 15 is 0 Å². The van der Waals surface area contributed by atoms with Crippen LogP contribution in [-0.2, 0) is 9.53 Å². The number of carbonyl (C=O) groups is 2. The highest BCUT2D eigenvalue weighted by Gasteiger charge is 2.23. The molecule has 1 aliphatic carbocycles. The van der Waals surface area contributed by atoms with Crippen molar-refractivity contribution in [2.24, 2.45) is 0 Å². The van der Waals surface area contributed by atoms with Crippen LogP contribution < -0.4 is 5.32 Å². The number of fused-ring (bicyclic) bond motifs is 1. The minimum Gasteiger partial charge on any atom is -0.452 e. The van der Waals surface area contributed by atoms with Crippen LogP contribution in [0.3, 0.4) is 0 Å². The number of amides is 1. The molecule has 20 heavy (non-hydrogen) atoms. The molecule has 0 saturated heterocycles. The first kappa shape index (κ1) is 12.7. The second kappa shape index (κ2) is 5.33. The van der Waals surface area contributed by atoms with Crippen LogP contribution >= 0.6 is 0 Å². The molecule has 0 unspecified atom stereocenters. The van der Waals surface area contributed by atoms with Crippen LogP contribution in [0, 0.1) is 0 Å². The van der Waals surface area contributed by atoms with E-state index in [0.29, 0.717) is 5.56 Å². The molecule has 1 N–H and O–H groups in total. The molecule has 2 aromatic rings. The molecule has 0 aromatic heterocycles. The first-order chi connectivity index (χ1) is 9.72. The zero-order valence-electron chi connectivity index (χ0n) is 11.0. The zero-order valence-corrected chi connectivity index (χ0v) is 11.0. The number of hydrogen-bond acceptors (Lipinski definition) is 3. The van der Waals surface area contributed by atoms with E-state index < -0.39 is 5.97 Å². The molecule has 102 valence electrons. The van der Waals surface area contributed by atoms with Gasteiger partial charge in [0, 0.05) is 6.04 Å². The molecule has 0 bridgehead atoms. The highest BCUT2D eigenvalue weighted by molar-refractivity contribution is 5.96. The number of hydrogen-bond donors (Lipinski definition) is 1. The minimum atomic E-state index is -0.471. The maximum Gasteiger partial charge on any atom is 0.338 e. The van der Waals surface area contributed by atoms with Crippen molar-refractivity contribution in [2.75, 3.05) is 6.61 Å². The van der Waals surface area contributed by atoms with Gasteiger partial charge in [0.05, 0.1) is 5.56 Å². The third kappa shape index (κ3) is 2.96. The van der Waals surface area contributed by atoms with Gasteiger partial charge in [-0.25, -0.2) is 4.79 Å². The number of carbonyl (C=O) groups excluding carboxylic acids is 2. The molecule has 0 aliphatic heterocycles. The third-order valence-corrected chi connectivity index (χ3v) is 3.26. The van der Waals surface area contributed by atoms with Gasteiger partial charge in [-0.3, -0.25) is 4.79 Å². The molecule has 3 rings (SSSR count). The maximum absolute atomic E-state index is 11.9. The summed E-state index contributed by atoms with van der Waals surface area (Å²) in [6.45, 7) is -0.220. The van der Waals surface area contributed by atoms with Crippen LogP contribution in [0.5, 0.6) is 0 Å². The Labute approximate surface area is 116 Å². The van der Waals surface area contributed by atoms with Crippen molar-refractivity contribution in [2.45, 2.75) is 18.9 Å². The van der Waals surface area contributed by atoms with Gasteiger partial charge in [0.25, 0.3) is 5.91 Å². The Morgan fingerprint density at radius 2 is 1.85 bits per heavy atom. The number of esters is 1. The highest BCUT2D eigenvalue weighted by atomic mass is 16.5. The molecule has 1 aliphatic rings. The summed E-state index contributed by atoms with van der Waals surface area (Å²) in [6.07, 6.45) is 2.04. The molecular weight excluding hydrogens is 254 g/mol. The van der Waals surface area contributed by atoms with Crippen molar-refractivity contribution in [3.05, 3.63) is 48.0 Å². The molecule has 1 fully saturated rings. The second-order valence-corrected chi connectivity index (χ2v) is 4.98. The smallest absolute Gasteiger partial charge is 0.338 e. The summed E-state index contributed by atoms with van der Waals surface area (Å²) < 4.78 is 5.02. The average Bonchev–Trinajstić information content (AvgIpc) is 3.28. The van der Waals surface area contributed by atoms with Crippen LogP contribution in [-0.4, -0.2) is 24.5 Å². The normalized spacial score (nSPS) is 14.0. The number of nitrogens with one attached hydrogen (secondary N) is 1. The summed E-state index contributed by atoms with van der Waals surface area (Å²) in [5.74, 6) is -0.705. The van der Waals surface area contributed by atoms with Crippen molar-refractivity contribution in [3.8, 4) is 0 Å². The Hall–Kier alpha value is -2.36. The molecule has 0 radical (unpaired) electrons. The van der Waals surface area contributed by atoms with E-state index in [2.05, 4.69) is 5.32 Å². The second-order valence-electron chi connectivity index (χ2n) is 4.98. The van der Waals surface area contributed by atoms with Gasteiger partial charge in [0.15, 0.2) is 6.61 Å². The van der Waals surface area contributed by atoms with E-state index in [0.717, 1.165) is 23.6 Å². The molecule has 4 heteroatoms. The van der Waals surface area contributed by atoms with Crippen molar-refractivity contribution >= 4 is 22.6 Å². The van der Waals surface area contributed by atoms with Crippen LogP contribution in [0.15, 0.2) is 42.5 Å². The lowest BCUT2D eigenvalue weighted by Crippen LogP contribution is -2.30. The Bertz CT molecular complexity index is 662. The lowest BCUT2D eigenvalue weighted by molar-refractivity contribution is -0.124. The predicted octanol–water partition coefficient (Wildman–Crippen LogP) is 2.28. The molecular formula is C16H15NO3. The Morgan fingerprint density at radius 1 is 1.10 bits per heavy atom. The van der Waals surface area contributed by atoms with E-state index in [-0.39, 0.29) is 18.6 Å². The summed E-state index contributed by atoms with van der Waals surface area (Å²) in [6, 6.07) is 13.4. The van der Waals surface area contributed by atoms with Gasteiger partial charge in [-0.05, 0) is 35.7 Å². The average molecular weight is 269 g/mol. The zero-order chi connectivity index (χ0) is 13.9. The number of benzene rings is 2. The first-order valence-electron chi connectivity index (χ1n) is 6.68. The van der Waals surface area contributed by atoms with Crippen molar-refractivity contribution in [1.82, 2.24) is 5.32 Å². The lowest BCUT2D eigenvalue weighted by atomic mass is 10.1. The van der Waals surface area contributed by atoms with Crippen molar-refractivity contribution < 1.29 is 14.3 Å². The van der Waals surface area contributed by atoms with E-state index in [1.54, 1.807) is 12.1 Å². The van der Waals surface area contributed by atoms with E-state index in [4.69, 9.17) is 4.74 Å². The Kier molecular flexibility index (Phi) is 3.37.